The van der Waals surface area contributed by atoms with Crippen LogP contribution in [0.1, 0.15) is 24.0 Å². The van der Waals surface area contributed by atoms with Gasteiger partial charge in [0.25, 0.3) is 5.91 Å². The van der Waals surface area contributed by atoms with Gasteiger partial charge in [0.2, 0.25) is 5.78 Å². The Labute approximate surface area is 190 Å². The molecule has 3 aliphatic carbocycles. The zero-order chi connectivity index (χ0) is 24.1. The molecule has 0 aromatic heterocycles. The maximum absolute atomic E-state index is 13.2. The topological polar surface area (TPSA) is 161 Å². The number of benzene rings is 1. The van der Waals surface area contributed by atoms with Crippen LogP contribution >= 0.6 is 12.6 Å². The molecule has 0 saturated heterocycles. The first-order chi connectivity index (χ1) is 14.8. The number of rotatable bonds is 1. The van der Waals surface area contributed by atoms with Crippen LogP contribution in [0, 0.1) is 11.8 Å². The van der Waals surface area contributed by atoms with Crippen molar-refractivity contribution in [3.8, 4) is 5.75 Å². The fourth-order valence-electron chi connectivity index (χ4n) is 4.61. The number of aliphatic hydroxyl groups excluding tert-OH is 2. The van der Waals surface area contributed by atoms with E-state index in [9.17, 15) is 34.8 Å². The number of nitrogens with zero attached hydrogens (tertiary/aromatic N) is 1. The van der Waals surface area contributed by atoms with Gasteiger partial charge in [0.05, 0.1) is 5.56 Å². The Morgan fingerprint density at radius 2 is 1.75 bits per heavy atom. The van der Waals surface area contributed by atoms with Gasteiger partial charge in [-0.1, -0.05) is 0 Å². The smallest absolute Gasteiger partial charge is 0.255 e. The number of carbonyl (C=O) groups is 3. The number of carbonyl (C=O) groups excluding carboxylic acids is 3. The van der Waals surface area contributed by atoms with Crippen molar-refractivity contribution in [3.05, 3.63) is 40.2 Å². The third-order valence-electron chi connectivity index (χ3n) is 5.92. The predicted molar refractivity (Wildman–Crippen MR) is 118 cm³/mol. The summed E-state index contributed by atoms with van der Waals surface area (Å²) in [4.78, 5) is 39.5. The molecule has 1 fully saturated rings. The average molecular weight is 463 g/mol. The number of aliphatic hydroxyl groups is 3. The van der Waals surface area contributed by atoms with Crippen molar-refractivity contribution in [3.63, 3.8) is 0 Å². The van der Waals surface area contributed by atoms with Crippen molar-refractivity contribution in [2.24, 2.45) is 17.6 Å². The number of phenols is 1. The molecule has 1 unspecified atom stereocenters. The van der Waals surface area contributed by atoms with Crippen molar-refractivity contribution in [2.75, 3.05) is 21.1 Å². The molecule has 0 bridgehead atoms. The number of hydrogen-bond donors (Lipinski definition) is 6. The van der Waals surface area contributed by atoms with E-state index in [1.807, 2.05) is 26.0 Å². The van der Waals surface area contributed by atoms with Crippen molar-refractivity contribution in [2.45, 2.75) is 29.8 Å². The lowest BCUT2D eigenvalue weighted by molar-refractivity contribution is -0.147. The van der Waals surface area contributed by atoms with Gasteiger partial charge in [-0.15, -0.1) is 12.6 Å². The Hall–Kier alpha value is -2.82. The van der Waals surface area contributed by atoms with Crippen LogP contribution in [-0.2, 0) is 20.8 Å². The van der Waals surface area contributed by atoms with E-state index in [0.717, 1.165) is 0 Å². The van der Waals surface area contributed by atoms with E-state index in [1.165, 1.54) is 6.07 Å². The number of nitrogens with two attached hydrogens (primary N) is 1. The molecule has 3 aliphatic rings. The molecule has 0 radical (unpaired) electrons. The van der Waals surface area contributed by atoms with Crippen LogP contribution in [0.3, 0.4) is 0 Å². The standard InChI is InChI=1S/C19H17NO7S.C3H9N/c20-18(26)14-10(22)5-7-3-6-4-8-11(28)2-1-9(21)13(8)15(23)12(6)16(24)19(7,27)17(14)25;1-4(2)3/h1-2,6-7,21,23,25,27-28H,3-5H2,(H2,20,26);1-3H3/t6?,7-,19-;/m0./s1. The molecular weight excluding hydrogens is 436 g/mol. The summed E-state index contributed by atoms with van der Waals surface area (Å²) >= 11 is 4.34. The van der Waals surface area contributed by atoms with Crippen molar-refractivity contribution in [1.82, 2.24) is 4.90 Å². The first-order valence-corrected chi connectivity index (χ1v) is 10.4. The molecule has 32 heavy (non-hydrogen) atoms. The number of thiol groups is 1. The van der Waals surface area contributed by atoms with Gasteiger partial charge in [-0.2, -0.15) is 0 Å². The lowest BCUT2D eigenvalue weighted by Crippen LogP contribution is -2.58. The zero-order valence-electron chi connectivity index (χ0n) is 17.9. The lowest BCUT2D eigenvalue weighted by Gasteiger charge is -2.46. The maximum atomic E-state index is 13.2. The summed E-state index contributed by atoms with van der Waals surface area (Å²) in [6, 6.07) is 2.89. The highest BCUT2D eigenvalue weighted by Gasteiger charge is 2.60. The van der Waals surface area contributed by atoms with Gasteiger partial charge in [-0.05, 0) is 57.6 Å². The molecule has 1 aromatic carbocycles. The second-order valence-corrected chi connectivity index (χ2v) is 9.19. The number of amides is 1. The monoisotopic (exact) mass is 462 g/mol. The zero-order valence-corrected chi connectivity index (χ0v) is 18.8. The molecule has 6 N–H and O–H groups in total. The number of ketones is 2. The van der Waals surface area contributed by atoms with E-state index < -0.39 is 52.0 Å². The third-order valence-corrected chi connectivity index (χ3v) is 6.34. The van der Waals surface area contributed by atoms with Gasteiger partial charge in [-0.25, -0.2) is 0 Å². The minimum Gasteiger partial charge on any atom is -0.508 e. The molecule has 0 spiro atoms. The molecule has 1 aromatic rings. The van der Waals surface area contributed by atoms with Crippen molar-refractivity contribution >= 4 is 35.9 Å². The van der Waals surface area contributed by atoms with E-state index in [4.69, 9.17) is 5.73 Å². The van der Waals surface area contributed by atoms with Crippen LogP contribution in [0.15, 0.2) is 33.9 Å². The van der Waals surface area contributed by atoms with E-state index in [2.05, 4.69) is 12.6 Å². The summed E-state index contributed by atoms with van der Waals surface area (Å²) in [6.07, 6.45) is 0.0170. The molecule has 3 atom stereocenters. The minimum atomic E-state index is -2.54. The molecule has 0 heterocycles. The predicted octanol–water partition coefficient (Wildman–Crippen LogP) is 0.890. The van der Waals surface area contributed by atoms with Gasteiger partial charge < -0.3 is 31.1 Å². The molecule has 172 valence electrons. The fraction of sp³-hybridized carbons (Fsp3) is 0.409. The van der Waals surface area contributed by atoms with Gasteiger partial charge >= 0.3 is 0 Å². The Bertz CT molecular complexity index is 1090. The van der Waals surface area contributed by atoms with E-state index >= 15 is 0 Å². The summed E-state index contributed by atoms with van der Waals surface area (Å²) in [5, 5.41) is 42.4. The Morgan fingerprint density at radius 1 is 1.16 bits per heavy atom. The van der Waals surface area contributed by atoms with Gasteiger partial charge in [0.1, 0.15) is 22.8 Å². The maximum Gasteiger partial charge on any atom is 0.255 e. The number of primary amides is 1. The average Bonchev–Trinajstić information content (AvgIpc) is 2.67. The number of aromatic hydroxyl groups is 1. The Morgan fingerprint density at radius 3 is 2.31 bits per heavy atom. The first-order valence-electron chi connectivity index (χ1n) is 9.94. The number of Topliss-reactive ketones (excluding diaryl/α,β-unsaturated/α-hetero) is 2. The van der Waals surface area contributed by atoms with Crippen LogP contribution in [0.2, 0.25) is 0 Å². The Balaban J connectivity index is 0.000000668. The Kier molecular flexibility index (Phi) is 6.16. The van der Waals surface area contributed by atoms with Crippen LogP contribution in [0.5, 0.6) is 5.75 Å². The van der Waals surface area contributed by atoms with E-state index in [0.29, 0.717) is 10.5 Å². The van der Waals surface area contributed by atoms with Crippen LogP contribution < -0.4 is 5.73 Å². The minimum absolute atomic E-state index is 0.0413. The normalized spacial score (nSPS) is 26.8. The molecular formula is C22H26N2O7S. The van der Waals surface area contributed by atoms with Crippen molar-refractivity contribution in [1.29, 1.82) is 0 Å². The van der Waals surface area contributed by atoms with Crippen LogP contribution in [0.4, 0.5) is 0 Å². The SMILES string of the molecule is CN(C)C.NC(=O)C1=C(O)[C@@]2(O)C(=O)C3=C(O)c4c(O)ccc(S)c4CC3C[C@H]2CC1=O. The van der Waals surface area contributed by atoms with Crippen molar-refractivity contribution < 1.29 is 34.8 Å². The first kappa shape index (κ1) is 23.8. The molecule has 9 nitrogen and oxygen atoms in total. The molecule has 1 amide bonds. The summed E-state index contributed by atoms with van der Waals surface area (Å²) < 4.78 is 0. The highest BCUT2D eigenvalue weighted by Crippen LogP contribution is 2.52. The lowest BCUT2D eigenvalue weighted by atomic mass is 9.59. The number of hydrogen-bond acceptors (Lipinski definition) is 9. The van der Waals surface area contributed by atoms with Gasteiger partial charge in [-0.3, -0.25) is 14.4 Å². The van der Waals surface area contributed by atoms with E-state index in [-0.39, 0.29) is 36.1 Å². The molecule has 4 rings (SSSR count). The molecule has 10 heteroatoms. The summed E-state index contributed by atoms with van der Waals surface area (Å²) in [7, 11) is 6.00. The number of fused-ring (bicyclic) bond motifs is 3. The molecule has 0 aliphatic heterocycles. The summed E-state index contributed by atoms with van der Waals surface area (Å²) in [5.41, 5.74) is 2.22. The second kappa shape index (κ2) is 8.27. The quantitative estimate of drug-likeness (QED) is 0.265. The second-order valence-electron chi connectivity index (χ2n) is 8.71. The van der Waals surface area contributed by atoms with Gasteiger partial charge in [0.15, 0.2) is 11.4 Å². The highest BCUT2D eigenvalue weighted by atomic mass is 32.1. The van der Waals surface area contributed by atoms with Gasteiger partial charge in [0, 0.05) is 22.8 Å². The fourth-order valence-corrected chi connectivity index (χ4v) is 4.88. The van der Waals surface area contributed by atoms with Crippen LogP contribution in [-0.4, -0.2) is 69.5 Å². The van der Waals surface area contributed by atoms with Crippen LogP contribution in [0.25, 0.3) is 5.76 Å². The summed E-state index contributed by atoms with van der Waals surface area (Å²) in [5.74, 6) is -6.36. The highest BCUT2D eigenvalue weighted by molar-refractivity contribution is 7.80. The van der Waals surface area contributed by atoms with E-state index in [1.54, 1.807) is 6.07 Å². The largest absolute Gasteiger partial charge is 0.508 e. The molecule has 1 saturated carbocycles. The summed E-state index contributed by atoms with van der Waals surface area (Å²) in [6.45, 7) is 0. The third kappa shape index (κ3) is 3.58. The number of phenolic OH excluding ortho intramolecular Hbond substituents is 1.